The minimum atomic E-state index is -0.00523. The molecule has 4 rings (SSSR count). The Morgan fingerprint density at radius 3 is 2.55 bits per heavy atom. The Bertz CT molecular complexity index is 968. The van der Waals surface area contributed by atoms with E-state index in [9.17, 15) is 0 Å². The van der Waals surface area contributed by atoms with Crippen molar-refractivity contribution in [2.75, 3.05) is 13.7 Å². The van der Waals surface area contributed by atoms with E-state index in [4.69, 9.17) is 17.0 Å². The third kappa shape index (κ3) is 3.85. The Morgan fingerprint density at radius 1 is 1.10 bits per heavy atom. The Morgan fingerprint density at radius 2 is 1.90 bits per heavy atom. The maximum Gasteiger partial charge on any atom is 0.170 e. The van der Waals surface area contributed by atoms with Crippen molar-refractivity contribution in [3.05, 3.63) is 78.4 Å². The smallest absolute Gasteiger partial charge is 0.170 e. The molecule has 3 aromatic rings. The van der Waals surface area contributed by atoms with Gasteiger partial charge in [-0.05, 0) is 66.7 Å². The van der Waals surface area contributed by atoms with Crippen molar-refractivity contribution in [1.82, 2.24) is 19.8 Å². The van der Waals surface area contributed by atoms with Crippen molar-refractivity contribution in [1.29, 1.82) is 0 Å². The fourth-order valence-corrected chi connectivity index (χ4v) is 4.25. The fourth-order valence-electron chi connectivity index (χ4n) is 3.93. The maximum atomic E-state index is 5.74. The average Bonchev–Trinajstić information content (AvgIpc) is 3.33. The normalized spacial score (nSPS) is 18.9. The van der Waals surface area contributed by atoms with E-state index < -0.39 is 0 Å². The van der Waals surface area contributed by atoms with Gasteiger partial charge < -0.3 is 19.5 Å². The van der Waals surface area contributed by atoms with Gasteiger partial charge in [0.05, 0.1) is 24.9 Å². The number of ether oxygens (including phenoxy) is 1. The minimum Gasteiger partial charge on any atom is -0.497 e. The molecule has 2 aromatic heterocycles. The number of hydrogen-bond acceptors (Lipinski definition) is 3. The summed E-state index contributed by atoms with van der Waals surface area (Å²) in [6.45, 7) is 5.32. The summed E-state index contributed by atoms with van der Waals surface area (Å²) >= 11 is 5.74. The zero-order valence-electron chi connectivity index (χ0n) is 16.9. The molecule has 0 bridgehead atoms. The van der Waals surface area contributed by atoms with Crippen molar-refractivity contribution >= 4 is 17.3 Å². The SMILES string of the molecule is COc1ccc(-n2cccc2[C@H]2[C@@H](c3ccccn3)NC(=S)N2CC(C)C)cc1. The van der Waals surface area contributed by atoms with Gasteiger partial charge in [-0.2, -0.15) is 0 Å². The number of methoxy groups -OCH3 is 1. The van der Waals surface area contributed by atoms with Gasteiger partial charge in [0.1, 0.15) is 5.75 Å². The molecule has 29 heavy (non-hydrogen) atoms. The van der Waals surface area contributed by atoms with Crippen LogP contribution in [-0.4, -0.2) is 33.2 Å². The lowest BCUT2D eigenvalue weighted by atomic mass is 10.0. The summed E-state index contributed by atoms with van der Waals surface area (Å²) in [5.41, 5.74) is 3.26. The second-order valence-corrected chi connectivity index (χ2v) is 8.06. The van der Waals surface area contributed by atoms with Crippen molar-refractivity contribution in [3.63, 3.8) is 0 Å². The molecule has 3 heterocycles. The van der Waals surface area contributed by atoms with Gasteiger partial charge in [-0.15, -0.1) is 0 Å². The first-order valence-corrected chi connectivity index (χ1v) is 10.3. The predicted molar refractivity (Wildman–Crippen MR) is 119 cm³/mol. The lowest BCUT2D eigenvalue weighted by Gasteiger charge is -2.30. The zero-order valence-corrected chi connectivity index (χ0v) is 17.8. The molecule has 1 fully saturated rings. The van der Waals surface area contributed by atoms with Crippen LogP contribution in [-0.2, 0) is 0 Å². The molecule has 0 aliphatic carbocycles. The summed E-state index contributed by atoms with van der Waals surface area (Å²) in [6.07, 6.45) is 3.94. The molecule has 150 valence electrons. The molecule has 1 N–H and O–H groups in total. The summed E-state index contributed by atoms with van der Waals surface area (Å²) in [4.78, 5) is 6.92. The summed E-state index contributed by atoms with van der Waals surface area (Å²) in [5, 5.41) is 4.30. The summed E-state index contributed by atoms with van der Waals surface area (Å²) in [5.74, 6) is 1.34. The number of benzene rings is 1. The van der Waals surface area contributed by atoms with Crippen LogP contribution in [0.25, 0.3) is 5.69 Å². The van der Waals surface area contributed by atoms with E-state index in [2.05, 4.69) is 70.1 Å². The van der Waals surface area contributed by atoms with Crippen molar-refractivity contribution in [3.8, 4) is 11.4 Å². The predicted octanol–water partition coefficient (Wildman–Crippen LogP) is 4.51. The van der Waals surface area contributed by atoms with Crippen molar-refractivity contribution in [2.45, 2.75) is 25.9 Å². The molecule has 0 amide bonds. The molecule has 0 unspecified atom stereocenters. The van der Waals surface area contributed by atoms with Gasteiger partial charge in [-0.1, -0.05) is 19.9 Å². The van der Waals surface area contributed by atoms with Gasteiger partial charge >= 0.3 is 0 Å². The number of nitrogens with one attached hydrogen (secondary N) is 1. The molecular weight excluding hydrogens is 380 g/mol. The van der Waals surface area contributed by atoms with E-state index in [-0.39, 0.29) is 12.1 Å². The van der Waals surface area contributed by atoms with Crippen LogP contribution in [0.2, 0.25) is 0 Å². The lowest BCUT2D eigenvalue weighted by Crippen LogP contribution is -2.33. The number of rotatable bonds is 6. The molecule has 1 aliphatic heterocycles. The monoisotopic (exact) mass is 406 g/mol. The minimum absolute atomic E-state index is 0.00523. The summed E-state index contributed by atoms with van der Waals surface area (Å²) in [7, 11) is 1.68. The number of thiocarbonyl (C=S) groups is 1. The molecule has 6 heteroatoms. The van der Waals surface area contributed by atoms with Gasteiger partial charge in [0, 0.05) is 30.3 Å². The molecule has 1 saturated heterocycles. The molecule has 5 nitrogen and oxygen atoms in total. The molecule has 2 atom stereocenters. The molecule has 0 radical (unpaired) electrons. The number of pyridine rings is 1. The van der Waals surface area contributed by atoms with Crippen LogP contribution < -0.4 is 10.1 Å². The number of aromatic nitrogens is 2. The first-order valence-electron chi connectivity index (χ1n) is 9.88. The van der Waals surface area contributed by atoms with Gasteiger partial charge in [0.15, 0.2) is 5.11 Å². The van der Waals surface area contributed by atoms with Gasteiger partial charge in [0.2, 0.25) is 0 Å². The van der Waals surface area contributed by atoms with E-state index in [0.717, 1.165) is 28.8 Å². The largest absolute Gasteiger partial charge is 0.497 e. The lowest BCUT2D eigenvalue weighted by molar-refractivity contribution is 0.280. The molecule has 0 spiro atoms. The fraction of sp³-hybridized carbons (Fsp3) is 0.304. The van der Waals surface area contributed by atoms with E-state index in [1.54, 1.807) is 7.11 Å². The van der Waals surface area contributed by atoms with Crippen LogP contribution in [0.4, 0.5) is 0 Å². The Hall–Kier alpha value is -2.86. The third-order valence-electron chi connectivity index (χ3n) is 5.19. The Balaban J connectivity index is 1.78. The second-order valence-electron chi connectivity index (χ2n) is 7.67. The van der Waals surface area contributed by atoms with E-state index in [0.29, 0.717) is 5.92 Å². The highest BCUT2D eigenvalue weighted by molar-refractivity contribution is 7.80. The van der Waals surface area contributed by atoms with E-state index in [1.807, 2.05) is 30.5 Å². The molecule has 0 saturated carbocycles. The standard InChI is InChI=1S/C23H26N4OS/c1-16(2)15-27-22(21(25-23(27)29)19-7-4-5-13-24-19)20-8-6-14-26(20)17-9-11-18(28-3)12-10-17/h4-14,16,21-22H,15H2,1-3H3,(H,25,29)/t21-,22+/m1/s1. The topological polar surface area (TPSA) is 42.3 Å². The van der Waals surface area contributed by atoms with Crippen LogP contribution in [0.3, 0.4) is 0 Å². The van der Waals surface area contributed by atoms with Gasteiger partial charge in [-0.3, -0.25) is 4.98 Å². The van der Waals surface area contributed by atoms with Crippen LogP contribution in [0.5, 0.6) is 5.75 Å². The number of hydrogen-bond donors (Lipinski definition) is 1. The van der Waals surface area contributed by atoms with E-state index in [1.165, 1.54) is 5.69 Å². The molecule has 1 aromatic carbocycles. The van der Waals surface area contributed by atoms with E-state index >= 15 is 0 Å². The van der Waals surface area contributed by atoms with Crippen LogP contribution in [0.1, 0.15) is 37.3 Å². The van der Waals surface area contributed by atoms with Crippen LogP contribution in [0, 0.1) is 5.92 Å². The number of nitrogens with zero attached hydrogens (tertiary/aromatic N) is 3. The Kier molecular flexibility index (Phi) is 5.53. The van der Waals surface area contributed by atoms with Crippen LogP contribution in [0.15, 0.2) is 67.0 Å². The van der Waals surface area contributed by atoms with Crippen molar-refractivity contribution < 1.29 is 4.74 Å². The highest BCUT2D eigenvalue weighted by Crippen LogP contribution is 2.39. The highest BCUT2D eigenvalue weighted by atomic mass is 32.1. The van der Waals surface area contributed by atoms with Gasteiger partial charge in [-0.25, -0.2) is 0 Å². The quantitative estimate of drug-likeness (QED) is 0.610. The van der Waals surface area contributed by atoms with Gasteiger partial charge in [0.25, 0.3) is 0 Å². The first kappa shape index (κ1) is 19.5. The highest BCUT2D eigenvalue weighted by Gasteiger charge is 2.41. The second kappa shape index (κ2) is 8.25. The zero-order chi connectivity index (χ0) is 20.4. The third-order valence-corrected chi connectivity index (χ3v) is 5.55. The summed E-state index contributed by atoms with van der Waals surface area (Å²) < 4.78 is 7.54. The Labute approximate surface area is 177 Å². The first-order chi connectivity index (χ1) is 14.1. The molecular formula is C23H26N4OS. The molecule has 1 aliphatic rings. The van der Waals surface area contributed by atoms with Crippen molar-refractivity contribution in [2.24, 2.45) is 5.92 Å². The average molecular weight is 407 g/mol. The summed E-state index contributed by atoms with van der Waals surface area (Å²) in [6, 6.07) is 18.5. The maximum absolute atomic E-state index is 5.74. The van der Waals surface area contributed by atoms with Crippen LogP contribution >= 0.6 is 12.2 Å².